The molecule has 1 aliphatic heterocycles. The van der Waals surface area contributed by atoms with E-state index in [1.165, 1.54) is 18.4 Å². The fourth-order valence-corrected chi connectivity index (χ4v) is 4.18. The zero-order valence-electron chi connectivity index (χ0n) is 17.3. The fourth-order valence-electron chi connectivity index (χ4n) is 4.18. The van der Waals surface area contributed by atoms with E-state index in [0.717, 1.165) is 27.6 Å². The minimum Gasteiger partial charge on any atom is -0.458 e. The van der Waals surface area contributed by atoms with Gasteiger partial charge in [0.25, 0.3) is 12.0 Å². The summed E-state index contributed by atoms with van der Waals surface area (Å²) in [4.78, 5) is 35.0. The van der Waals surface area contributed by atoms with Crippen LogP contribution in [0.4, 0.5) is 5.69 Å². The Morgan fingerprint density at radius 2 is 1.88 bits per heavy atom. The molecule has 0 N–H and O–H groups in total. The van der Waals surface area contributed by atoms with Crippen molar-refractivity contribution in [2.24, 2.45) is 7.05 Å². The summed E-state index contributed by atoms with van der Waals surface area (Å²) in [6, 6.07) is 12.3. The number of nitro groups is 1. The molecular formula is C24H18N2O6. The van der Waals surface area contributed by atoms with Crippen LogP contribution in [0.2, 0.25) is 0 Å². The van der Waals surface area contributed by atoms with Crippen LogP contribution in [-0.4, -0.2) is 27.5 Å². The van der Waals surface area contributed by atoms with Gasteiger partial charge in [-0.05, 0) is 47.9 Å². The van der Waals surface area contributed by atoms with Gasteiger partial charge in [0.15, 0.2) is 0 Å². The van der Waals surface area contributed by atoms with E-state index in [1.807, 2.05) is 29.8 Å². The van der Waals surface area contributed by atoms with Crippen LogP contribution < -0.4 is 0 Å². The van der Waals surface area contributed by atoms with Crippen LogP contribution in [0.15, 0.2) is 65.9 Å². The van der Waals surface area contributed by atoms with Crippen LogP contribution in [0.1, 0.15) is 23.0 Å². The standard InChI is InChI=1S/C24H18N2O6/c1-13-9-21(32-24(13)28)31-12-16-11-19-18-10-15(14-3-6-17(7-4-14)26(29)30)5-8-20(18)25(2)22(19)23(16)27/h3-10,12,21H,11H2,1-2H3. The third-order valence-corrected chi connectivity index (χ3v) is 5.87. The number of ketones is 1. The molecule has 5 rings (SSSR count). The van der Waals surface area contributed by atoms with Gasteiger partial charge in [-0.3, -0.25) is 14.9 Å². The summed E-state index contributed by atoms with van der Waals surface area (Å²) in [6.07, 6.45) is 2.52. The number of benzene rings is 2. The predicted molar refractivity (Wildman–Crippen MR) is 116 cm³/mol. The maximum atomic E-state index is 13.0. The predicted octanol–water partition coefficient (Wildman–Crippen LogP) is 4.22. The number of ether oxygens (including phenoxy) is 2. The number of nitrogens with zero attached hydrogens (tertiary/aromatic N) is 2. The number of fused-ring (bicyclic) bond motifs is 3. The molecular weight excluding hydrogens is 412 g/mol. The third-order valence-electron chi connectivity index (χ3n) is 5.87. The average Bonchev–Trinajstić information content (AvgIpc) is 3.38. The highest BCUT2D eigenvalue weighted by Gasteiger charge is 2.32. The summed E-state index contributed by atoms with van der Waals surface area (Å²) in [5.74, 6) is -0.556. The van der Waals surface area contributed by atoms with Gasteiger partial charge in [-0.25, -0.2) is 4.79 Å². The number of hydrogen-bond donors (Lipinski definition) is 0. The van der Waals surface area contributed by atoms with Crippen molar-refractivity contribution in [2.75, 3.05) is 0 Å². The number of nitro benzene ring substituents is 1. The van der Waals surface area contributed by atoms with Crippen molar-refractivity contribution in [3.05, 3.63) is 87.3 Å². The zero-order valence-corrected chi connectivity index (χ0v) is 17.3. The number of Topliss-reactive ketones (excluding diaryl/α,β-unsaturated/α-hetero) is 1. The highest BCUT2D eigenvalue weighted by Crippen LogP contribution is 2.37. The maximum Gasteiger partial charge on any atom is 0.336 e. The molecule has 1 aliphatic carbocycles. The minimum atomic E-state index is -0.822. The number of esters is 1. The Morgan fingerprint density at radius 1 is 1.16 bits per heavy atom. The Labute approximate surface area is 182 Å². The Kier molecular flexibility index (Phi) is 4.44. The van der Waals surface area contributed by atoms with Crippen molar-refractivity contribution in [2.45, 2.75) is 19.6 Å². The second-order valence-electron chi connectivity index (χ2n) is 7.83. The number of allylic oxidation sites excluding steroid dienone is 1. The largest absolute Gasteiger partial charge is 0.458 e. The molecule has 2 aromatic carbocycles. The van der Waals surface area contributed by atoms with E-state index in [0.29, 0.717) is 23.3 Å². The number of non-ortho nitro benzene ring substituents is 1. The van der Waals surface area contributed by atoms with Crippen molar-refractivity contribution in [1.82, 2.24) is 4.57 Å². The third kappa shape index (κ3) is 3.08. The van der Waals surface area contributed by atoms with Gasteiger partial charge in [-0.15, -0.1) is 0 Å². The van der Waals surface area contributed by atoms with Crippen molar-refractivity contribution < 1.29 is 24.0 Å². The average molecular weight is 430 g/mol. The lowest BCUT2D eigenvalue weighted by atomic mass is 10.0. The molecule has 2 heterocycles. The molecule has 160 valence electrons. The van der Waals surface area contributed by atoms with Gasteiger partial charge in [-0.1, -0.05) is 6.07 Å². The van der Waals surface area contributed by atoms with Gasteiger partial charge in [0, 0.05) is 53.7 Å². The van der Waals surface area contributed by atoms with Crippen LogP contribution in [-0.2, 0) is 27.7 Å². The SMILES string of the molecule is CC1=CC(OC=C2Cc3c(n(C)c4ccc(-c5ccc([N+](=O)[O-])cc5)cc34)C2=O)OC1=O. The second-order valence-corrected chi connectivity index (χ2v) is 7.83. The van der Waals surface area contributed by atoms with Crippen LogP contribution >= 0.6 is 0 Å². The first-order chi connectivity index (χ1) is 15.3. The summed E-state index contributed by atoms with van der Waals surface area (Å²) in [5, 5.41) is 11.9. The Hall–Kier alpha value is -4.20. The second kappa shape index (κ2) is 7.19. The Balaban J connectivity index is 1.48. The van der Waals surface area contributed by atoms with E-state index in [2.05, 4.69) is 0 Å². The summed E-state index contributed by atoms with van der Waals surface area (Å²) in [5.41, 5.74) is 5.18. The van der Waals surface area contributed by atoms with E-state index < -0.39 is 17.2 Å². The smallest absolute Gasteiger partial charge is 0.336 e. The van der Waals surface area contributed by atoms with E-state index in [4.69, 9.17) is 9.47 Å². The van der Waals surface area contributed by atoms with Gasteiger partial charge in [0.2, 0.25) is 5.78 Å². The topological polar surface area (TPSA) is 101 Å². The monoisotopic (exact) mass is 430 g/mol. The lowest BCUT2D eigenvalue weighted by Crippen LogP contribution is -2.11. The summed E-state index contributed by atoms with van der Waals surface area (Å²) in [7, 11) is 1.85. The fraction of sp³-hybridized carbons (Fsp3) is 0.167. The quantitative estimate of drug-likeness (QED) is 0.202. The minimum absolute atomic E-state index is 0.0359. The van der Waals surface area contributed by atoms with Crippen LogP contribution in [0.25, 0.3) is 22.0 Å². The van der Waals surface area contributed by atoms with E-state index >= 15 is 0 Å². The molecule has 0 fully saturated rings. The number of aryl methyl sites for hydroxylation is 1. The van der Waals surface area contributed by atoms with Crippen LogP contribution in [0.3, 0.4) is 0 Å². The van der Waals surface area contributed by atoms with Gasteiger partial charge in [0.05, 0.1) is 16.9 Å². The molecule has 8 nitrogen and oxygen atoms in total. The van der Waals surface area contributed by atoms with Crippen molar-refractivity contribution in [3.8, 4) is 11.1 Å². The normalized spacial score (nSPS) is 18.8. The molecule has 0 saturated carbocycles. The van der Waals surface area contributed by atoms with Crippen molar-refractivity contribution >= 4 is 28.3 Å². The molecule has 0 radical (unpaired) electrons. The number of carbonyl (C=O) groups is 2. The summed E-state index contributed by atoms with van der Waals surface area (Å²) < 4.78 is 12.4. The highest BCUT2D eigenvalue weighted by atomic mass is 16.7. The first kappa shape index (κ1) is 19.7. The molecule has 0 bridgehead atoms. The molecule has 8 heteroatoms. The first-order valence-corrected chi connectivity index (χ1v) is 9.98. The van der Waals surface area contributed by atoms with Crippen molar-refractivity contribution in [1.29, 1.82) is 0 Å². The van der Waals surface area contributed by atoms with Crippen LogP contribution in [0.5, 0.6) is 0 Å². The maximum absolute atomic E-state index is 13.0. The van der Waals surface area contributed by atoms with Gasteiger partial charge >= 0.3 is 5.97 Å². The van der Waals surface area contributed by atoms with Crippen molar-refractivity contribution in [3.63, 3.8) is 0 Å². The number of carbonyl (C=O) groups excluding carboxylic acids is 2. The van der Waals surface area contributed by atoms with Gasteiger partial charge < -0.3 is 14.0 Å². The first-order valence-electron chi connectivity index (χ1n) is 9.98. The number of rotatable bonds is 4. The highest BCUT2D eigenvalue weighted by molar-refractivity contribution is 6.16. The molecule has 3 aromatic rings. The Morgan fingerprint density at radius 3 is 2.53 bits per heavy atom. The summed E-state index contributed by atoms with van der Waals surface area (Å²) in [6.45, 7) is 1.64. The van der Waals surface area contributed by atoms with E-state index in [9.17, 15) is 19.7 Å². The van der Waals surface area contributed by atoms with E-state index in [-0.39, 0.29) is 11.5 Å². The van der Waals surface area contributed by atoms with Crippen LogP contribution in [0, 0.1) is 10.1 Å². The lowest BCUT2D eigenvalue weighted by Gasteiger charge is -2.08. The number of hydrogen-bond acceptors (Lipinski definition) is 6. The van der Waals surface area contributed by atoms with Gasteiger partial charge in [0.1, 0.15) is 0 Å². The molecule has 2 aliphatic rings. The molecule has 1 unspecified atom stereocenters. The molecule has 0 saturated heterocycles. The molecule has 1 atom stereocenters. The number of aromatic nitrogens is 1. The summed E-state index contributed by atoms with van der Waals surface area (Å²) >= 11 is 0. The molecule has 0 amide bonds. The Bertz CT molecular complexity index is 1380. The number of cyclic esters (lactones) is 1. The lowest BCUT2D eigenvalue weighted by molar-refractivity contribution is -0.384. The molecule has 0 spiro atoms. The molecule has 1 aromatic heterocycles. The zero-order chi connectivity index (χ0) is 22.6. The van der Waals surface area contributed by atoms with E-state index in [1.54, 1.807) is 25.1 Å². The molecule has 32 heavy (non-hydrogen) atoms. The van der Waals surface area contributed by atoms with Gasteiger partial charge in [-0.2, -0.15) is 0 Å².